The van der Waals surface area contributed by atoms with Crippen molar-refractivity contribution in [3.63, 3.8) is 0 Å². The van der Waals surface area contributed by atoms with E-state index in [1.165, 1.54) is 22.4 Å². The summed E-state index contributed by atoms with van der Waals surface area (Å²) in [5.41, 5.74) is 0.592. The molecule has 1 aliphatic heterocycles. The minimum Gasteiger partial charge on any atom is -0.452 e. The number of amides is 2. The maximum absolute atomic E-state index is 13.4. The first-order chi connectivity index (χ1) is 18.5. The molecule has 0 saturated carbocycles. The second kappa shape index (κ2) is 13.9. The van der Waals surface area contributed by atoms with Gasteiger partial charge in [0.05, 0.1) is 6.04 Å². The number of fused-ring (bicyclic) bond motifs is 1. The molecule has 0 aliphatic carbocycles. The van der Waals surface area contributed by atoms with Crippen LogP contribution in [0.5, 0.6) is 0 Å². The van der Waals surface area contributed by atoms with E-state index in [-0.39, 0.29) is 35.0 Å². The maximum atomic E-state index is 13.4. The van der Waals surface area contributed by atoms with E-state index in [1.54, 1.807) is 4.90 Å². The zero-order valence-electron chi connectivity index (χ0n) is 23.9. The van der Waals surface area contributed by atoms with E-state index < -0.39 is 11.7 Å². The highest BCUT2D eigenvalue weighted by atomic mass is 32.2. The zero-order chi connectivity index (χ0) is 28.6. The van der Waals surface area contributed by atoms with Crippen molar-refractivity contribution >= 4 is 39.8 Å². The summed E-state index contributed by atoms with van der Waals surface area (Å²) in [6, 6.07) is 14.2. The van der Waals surface area contributed by atoms with E-state index in [1.807, 2.05) is 57.7 Å². The fraction of sp³-hybridized carbons (Fsp3) is 0.516. The number of carbonyl (C=O) groups is 3. The van der Waals surface area contributed by atoms with Crippen LogP contribution in [0.4, 0.5) is 9.59 Å². The third kappa shape index (κ3) is 9.31. The molecule has 1 saturated heterocycles. The van der Waals surface area contributed by atoms with Crippen molar-refractivity contribution in [2.45, 2.75) is 70.8 Å². The molecule has 212 valence electrons. The Bertz CT molecular complexity index is 1150. The molecular weight excluding hydrogens is 512 g/mol. The molecule has 0 N–H and O–H groups in total. The zero-order valence-corrected chi connectivity index (χ0v) is 24.7. The van der Waals surface area contributed by atoms with Crippen LogP contribution in [0.1, 0.15) is 53.0 Å². The van der Waals surface area contributed by atoms with E-state index in [0.29, 0.717) is 38.9 Å². The van der Waals surface area contributed by atoms with Gasteiger partial charge >= 0.3 is 11.4 Å². The average Bonchev–Trinajstić information content (AvgIpc) is 3.25. The van der Waals surface area contributed by atoms with Crippen molar-refractivity contribution in [3.05, 3.63) is 60.7 Å². The molecule has 8 heteroatoms. The number of rotatable bonds is 10. The van der Waals surface area contributed by atoms with Gasteiger partial charge in [0.15, 0.2) is 0 Å². The lowest BCUT2D eigenvalue weighted by molar-refractivity contribution is -0.132. The van der Waals surface area contributed by atoms with Crippen molar-refractivity contribution in [1.82, 2.24) is 9.80 Å². The summed E-state index contributed by atoms with van der Waals surface area (Å²) in [5.74, 6) is 0.276. The van der Waals surface area contributed by atoms with Crippen LogP contribution in [-0.2, 0) is 20.7 Å². The summed E-state index contributed by atoms with van der Waals surface area (Å²) in [6.07, 6.45) is 2.76. The molecule has 0 aromatic heterocycles. The number of hydrogen-bond acceptors (Lipinski definition) is 6. The predicted octanol–water partition coefficient (Wildman–Crippen LogP) is 6.69. The molecule has 2 atom stereocenters. The number of nitrogens with zero attached hydrogens (tertiary/aromatic N) is 2. The van der Waals surface area contributed by atoms with E-state index in [2.05, 4.69) is 30.8 Å². The SMILES string of the molecule is C=CCOC(=O)N1CC(SC(=O)OC(C)(C)C)CC1CN(CCc1cccc2ccccc12)C(=O)CC(C)C. The fourth-order valence-electron chi connectivity index (χ4n) is 4.80. The molecule has 2 aromatic rings. The fourth-order valence-corrected chi connectivity index (χ4v) is 5.92. The summed E-state index contributed by atoms with van der Waals surface area (Å²) >= 11 is 1.11. The first-order valence-corrected chi connectivity index (χ1v) is 14.5. The molecule has 2 amide bonds. The van der Waals surface area contributed by atoms with Crippen LogP contribution >= 0.6 is 11.8 Å². The number of benzene rings is 2. The van der Waals surface area contributed by atoms with Crippen LogP contribution < -0.4 is 0 Å². The van der Waals surface area contributed by atoms with E-state index in [9.17, 15) is 14.4 Å². The van der Waals surface area contributed by atoms with Crippen LogP contribution in [0.25, 0.3) is 10.8 Å². The summed E-state index contributed by atoms with van der Waals surface area (Å²) in [6.45, 7) is 14.5. The topological polar surface area (TPSA) is 76.2 Å². The Morgan fingerprint density at radius 1 is 1.15 bits per heavy atom. The monoisotopic (exact) mass is 554 g/mol. The van der Waals surface area contributed by atoms with E-state index in [4.69, 9.17) is 9.47 Å². The summed E-state index contributed by atoms with van der Waals surface area (Å²) < 4.78 is 10.9. The molecule has 1 fully saturated rings. The molecule has 7 nitrogen and oxygen atoms in total. The second-order valence-electron chi connectivity index (χ2n) is 11.4. The molecule has 39 heavy (non-hydrogen) atoms. The highest BCUT2D eigenvalue weighted by Crippen LogP contribution is 2.31. The molecule has 2 aromatic carbocycles. The van der Waals surface area contributed by atoms with Gasteiger partial charge in [-0.2, -0.15) is 0 Å². The van der Waals surface area contributed by atoms with Crippen molar-refractivity contribution < 1.29 is 23.9 Å². The molecule has 3 rings (SSSR count). The third-order valence-electron chi connectivity index (χ3n) is 6.49. The van der Waals surface area contributed by atoms with Crippen LogP contribution in [0.2, 0.25) is 0 Å². The standard InChI is InChI=1S/C31H42N2O5S/c1-7-17-37-29(35)33-21-26(39-30(36)38-31(4,5)6)19-25(33)20-32(28(34)18-22(2)3)16-15-24-13-10-12-23-11-8-9-14-27(23)24/h7-14,22,25-26H,1,15-21H2,2-6H3. The van der Waals surface area contributed by atoms with E-state index in [0.717, 1.165) is 11.8 Å². The minimum atomic E-state index is -0.591. The summed E-state index contributed by atoms with van der Waals surface area (Å²) in [4.78, 5) is 42.4. The minimum absolute atomic E-state index is 0.0629. The predicted molar refractivity (Wildman–Crippen MR) is 158 cm³/mol. The van der Waals surface area contributed by atoms with Gasteiger partial charge in [-0.25, -0.2) is 9.59 Å². The number of hydrogen-bond donors (Lipinski definition) is 0. The number of carbonyl (C=O) groups excluding carboxylic acids is 3. The highest BCUT2D eigenvalue weighted by molar-refractivity contribution is 8.13. The highest BCUT2D eigenvalue weighted by Gasteiger charge is 2.39. The summed E-state index contributed by atoms with van der Waals surface area (Å²) in [7, 11) is 0. The second-order valence-corrected chi connectivity index (χ2v) is 12.7. The van der Waals surface area contributed by atoms with Crippen LogP contribution in [0, 0.1) is 5.92 Å². The van der Waals surface area contributed by atoms with Gasteiger partial charge in [-0.05, 0) is 67.6 Å². The van der Waals surface area contributed by atoms with Gasteiger partial charge in [0.1, 0.15) is 12.2 Å². The van der Waals surface area contributed by atoms with Gasteiger partial charge in [0, 0.05) is 31.3 Å². The number of thioether (sulfide) groups is 1. The summed E-state index contributed by atoms with van der Waals surface area (Å²) in [5, 5.41) is 1.84. The van der Waals surface area contributed by atoms with Gasteiger partial charge < -0.3 is 19.3 Å². The van der Waals surface area contributed by atoms with Gasteiger partial charge in [0.2, 0.25) is 5.91 Å². The van der Waals surface area contributed by atoms with Crippen molar-refractivity contribution in [3.8, 4) is 0 Å². The lowest BCUT2D eigenvalue weighted by Gasteiger charge is -2.31. The van der Waals surface area contributed by atoms with Crippen molar-refractivity contribution in [2.24, 2.45) is 5.92 Å². The number of likely N-dealkylation sites (tertiary alicyclic amines) is 1. The molecule has 1 heterocycles. The third-order valence-corrected chi connectivity index (χ3v) is 7.44. The smallest absolute Gasteiger partial charge is 0.410 e. The van der Waals surface area contributed by atoms with Crippen molar-refractivity contribution in [2.75, 3.05) is 26.2 Å². The number of ether oxygens (including phenoxy) is 2. The Morgan fingerprint density at radius 2 is 1.87 bits per heavy atom. The first-order valence-electron chi connectivity index (χ1n) is 13.6. The van der Waals surface area contributed by atoms with Gasteiger partial charge in [0.25, 0.3) is 0 Å². The Balaban J connectivity index is 1.78. The normalized spacial score (nSPS) is 17.3. The largest absolute Gasteiger partial charge is 0.452 e. The lowest BCUT2D eigenvalue weighted by atomic mass is 10.0. The molecule has 2 unspecified atom stereocenters. The maximum Gasteiger partial charge on any atom is 0.410 e. The van der Waals surface area contributed by atoms with Crippen LogP contribution in [-0.4, -0.2) is 70.2 Å². The molecule has 1 aliphatic rings. The Kier molecular flexibility index (Phi) is 10.9. The van der Waals surface area contributed by atoms with Crippen LogP contribution in [0.15, 0.2) is 55.1 Å². The Morgan fingerprint density at radius 3 is 2.56 bits per heavy atom. The quantitative estimate of drug-likeness (QED) is 0.241. The van der Waals surface area contributed by atoms with Gasteiger partial charge in [-0.15, -0.1) is 0 Å². The van der Waals surface area contributed by atoms with Crippen molar-refractivity contribution in [1.29, 1.82) is 0 Å². The molecule has 0 radical (unpaired) electrons. The van der Waals surface area contributed by atoms with E-state index >= 15 is 0 Å². The Labute approximate surface area is 236 Å². The molecular formula is C31H42N2O5S. The van der Waals surface area contributed by atoms with Crippen LogP contribution in [0.3, 0.4) is 0 Å². The average molecular weight is 555 g/mol. The lowest BCUT2D eigenvalue weighted by Crippen LogP contribution is -2.46. The molecule has 0 spiro atoms. The Hall–Kier alpha value is -3.00. The molecule has 0 bridgehead atoms. The first kappa shape index (κ1) is 30.5. The van der Waals surface area contributed by atoms with Gasteiger partial charge in [-0.3, -0.25) is 4.79 Å². The van der Waals surface area contributed by atoms with Gasteiger partial charge in [-0.1, -0.05) is 69.0 Å².